The van der Waals surface area contributed by atoms with Crippen molar-refractivity contribution in [2.24, 2.45) is 0 Å². The van der Waals surface area contributed by atoms with Gasteiger partial charge < -0.3 is 4.90 Å². The van der Waals surface area contributed by atoms with Crippen LogP contribution in [0.15, 0.2) is 35.5 Å². The molecule has 1 aliphatic heterocycles. The molecule has 0 amide bonds. The van der Waals surface area contributed by atoms with Crippen LogP contribution in [0.4, 0.5) is 10.2 Å². The van der Waals surface area contributed by atoms with Gasteiger partial charge in [-0.1, -0.05) is 17.7 Å². The standard InChI is InChI=1S/C15H16ClFN4O2S/c1-11-2-3-12(17)8-13(11)24(22,23)21-6-4-20(5-7-21)15-9-14(16)18-10-19-15/h2-3,8-10H,4-7H2,1H3. The van der Waals surface area contributed by atoms with Crippen LogP contribution in [0.5, 0.6) is 0 Å². The molecule has 9 heteroatoms. The van der Waals surface area contributed by atoms with Crippen LogP contribution in [0.2, 0.25) is 5.15 Å². The minimum Gasteiger partial charge on any atom is -0.354 e. The normalized spacial score (nSPS) is 16.4. The van der Waals surface area contributed by atoms with E-state index in [0.717, 1.165) is 6.07 Å². The van der Waals surface area contributed by atoms with Crippen molar-refractivity contribution in [1.82, 2.24) is 14.3 Å². The van der Waals surface area contributed by atoms with Gasteiger partial charge in [0.05, 0.1) is 4.90 Å². The van der Waals surface area contributed by atoms with Crippen molar-refractivity contribution in [2.75, 3.05) is 31.1 Å². The maximum atomic E-state index is 13.4. The number of anilines is 1. The number of nitrogens with zero attached hydrogens (tertiary/aromatic N) is 4. The summed E-state index contributed by atoms with van der Waals surface area (Å²) in [5.74, 6) is 0.0995. The molecule has 128 valence electrons. The van der Waals surface area contributed by atoms with E-state index in [1.165, 1.54) is 22.8 Å². The lowest BCUT2D eigenvalue weighted by Gasteiger charge is -2.34. The number of benzene rings is 1. The molecule has 1 aromatic heterocycles. The van der Waals surface area contributed by atoms with E-state index in [9.17, 15) is 12.8 Å². The van der Waals surface area contributed by atoms with Crippen LogP contribution in [-0.2, 0) is 10.0 Å². The number of aromatic nitrogens is 2. The number of piperazine rings is 1. The fourth-order valence-electron chi connectivity index (χ4n) is 2.65. The number of hydrogen-bond acceptors (Lipinski definition) is 5. The first-order valence-electron chi connectivity index (χ1n) is 7.37. The molecule has 0 unspecified atom stereocenters. The first kappa shape index (κ1) is 17.1. The summed E-state index contributed by atoms with van der Waals surface area (Å²) in [5, 5.41) is 0.338. The molecule has 2 aromatic rings. The summed E-state index contributed by atoms with van der Waals surface area (Å²) in [7, 11) is -3.72. The zero-order valence-corrected chi connectivity index (χ0v) is 14.6. The minimum absolute atomic E-state index is 0.0148. The number of sulfonamides is 1. The van der Waals surface area contributed by atoms with Gasteiger partial charge in [-0.05, 0) is 24.6 Å². The van der Waals surface area contributed by atoms with Crippen molar-refractivity contribution < 1.29 is 12.8 Å². The molecule has 0 spiro atoms. The van der Waals surface area contributed by atoms with Crippen LogP contribution >= 0.6 is 11.6 Å². The topological polar surface area (TPSA) is 66.4 Å². The molecule has 2 heterocycles. The third-order valence-electron chi connectivity index (χ3n) is 3.95. The predicted octanol–water partition coefficient (Wildman–Crippen LogP) is 2.09. The van der Waals surface area contributed by atoms with Gasteiger partial charge in [0.1, 0.15) is 23.1 Å². The van der Waals surface area contributed by atoms with E-state index in [1.54, 1.807) is 13.0 Å². The number of aryl methyl sites for hydroxylation is 1. The van der Waals surface area contributed by atoms with Crippen LogP contribution < -0.4 is 4.90 Å². The molecule has 0 N–H and O–H groups in total. The van der Waals surface area contributed by atoms with E-state index < -0.39 is 15.8 Å². The largest absolute Gasteiger partial charge is 0.354 e. The second-order valence-electron chi connectivity index (χ2n) is 5.50. The summed E-state index contributed by atoms with van der Waals surface area (Å²) in [6, 6.07) is 5.44. The van der Waals surface area contributed by atoms with E-state index in [2.05, 4.69) is 9.97 Å². The second-order valence-corrected chi connectivity index (χ2v) is 7.79. The molecule has 6 nitrogen and oxygen atoms in total. The Bertz CT molecular complexity index is 854. The molecule has 0 bridgehead atoms. The summed E-state index contributed by atoms with van der Waals surface area (Å²) >= 11 is 5.86. The van der Waals surface area contributed by atoms with E-state index in [0.29, 0.717) is 42.7 Å². The molecule has 1 aromatic carbocycles. The van der Waals surface area contributed by atoms with Gasteiger partial charge in [0.2, 0.25) is 10.0 Å². The molecule has 24 heavy (non-hydrogen) atoms. The molecular weight excluding hydrogens is 355 g/mol. The smallest absolute Gasteiger partial charge is 0.243 e. The molecule has 0 aliphatic carbocycles. The van der Waals surface area contributed by atoms with Crippen LogP contribution in [0.3, 0.4) is 0 Å². The van der Waals surface area contributed by atoms with Crippen molar-refractivity contribution in [2.45, 2.75) is 11.8 Å². The number of halogens is 2. The Labute approximate surface area is 144 Å². The minimum atomic E-state index is -3.72. The van der Waals surface area contributed by atoms with Crippen LogP contribution in [0.25, 0.3) is 0 Å². The van der Waals surface area contributed by atoms with Crippen molar-refractivity contribution in [1.29, 1.82) is 0 Å². The molecule has 0 saturated carbocycles. The predicted molar refractivity (Wildman–Crippen MR) is 89.2 cm³/mol. The van der Waals surface area contributed by atoms with Crippen molar-refractivity contribution in [3.63, 3.8) is 0 Å². The zero-order valence-electron chi connectivity index (χ0n) is 13.0. The molecule has 1 saturated heterocycles. The Balaban J connectivity index is 1.77. The van der Waals surface area contributed by atoms with E-state index in [1.807, 2.05) is 4.90 Å². The SMILES string of the molecule is Cc1ccc(F)cc1S(=O)(=O)N1CCN(c2cc(Cl)ncn2)CC1. The van der Waals surface area contributed by atoms with Crippen molar-refractivity contribution in [3.8, 4) is 0 Å². The highest BCUT2D eigenvalue weighted by Gasteiger charge is 2.30. The van der Waals surface area contributed by atoms with Gasteiger partial charge in [0.25, 0.3) is 0 Å². The average Bonchev–Trinajstić information content (AvgIpc) is 2.57. The van der Waals surface area contributed by atoms with Gasteiger partial charge >= 0.3 is 0 Å². The summed E-state index contributed by atoms with van der Waals surface area (Å²) in [6.07, 6.45) is 1.37. The van der Waals surface area contributed by atoms with Crippen LogP contribution in [-0.4, -0.2) is 48.9 Å². The summed E-state index contributed by atoms with van der Waals surface area (Å²) < 4.78 is 40.3. The van der Waals surface area contributed by atoms with E-state index >= 15 is 0 Å². The quantitative estimate of drug-likeness (QED) is 0.774. The third kappa shape index (κ3) is 3.35. The van der Waals surface area contributed by atoms with Gasteiger partial charge in [-0.3, -0.25) is 0 Å². The van der Waals surface area contributed by atoms with E-state index in [4.69, 9.17) is 11.6 Å². The lowest BCUT2D eigenvalue weighted by molar-refractivity contribution is 0.383. The Kier molecular flexibility index (Phi) is 4.71. The lowest BCUT2D eigenvalue weighted by Crippen LogP contribution is -2.49. The third-order valence-corrected chi connectivity index (χ3v) is 6.20. The van der Waals surface area contributed by atoms with Crippen molar-refractivity contribution >= 4 is 27.4 Å². The Morgan fingerprint density at radius 1 is 1.12 bits per heavy atom. The Morgan fingerprint density at radius 2 is 1.83 bits per heavy atom. The molecule has 0 atom stereocenters. The van der Waals surface area contributed by atoms with Gasteiger partial charge in [0, 0.05) is 32.2 Å². The fraction of sp³-hybridized carbons (Fsp3) is 0.333. The number of hydrogen-bond donors (Lipinski definition) is 0. The molecule has 1 fully saturated rings. The molecule has 0 radical (unpaired) electrons. The highest BCUT2D eigenvalue weighted by molar-refractivity contribution is 7.89. The molecular formula is C15H16ClFN4O2S. The van der Waals surface area contributed by atoms with E-state index in [-0.39, 0.29) is 4.90 Å². The highest BCUT2D eigenvalue weighted by atomic mass is 35.5. The summed E-state index contributed by atoms with van der Waals surface area (Å²) in [4.78, 5) is 9.94. The second kappa shape index (κ2) is 6.62. The lowest BCUT2D eigenvalue weighted by atomic mass is 10.2. The van der Waals surface area contributed by atoms with Gasteiger partial charge in [-0.15, -0.1) is 0 Å². The van der Waals surface area contributed by atoms with Crippen LogP contribution in [0, 0.1) is 12.7 Å². The number of rotatable bonds is 3. The Hall–Kier alpha value is -1.77. The Morgan fingerprint density at radius 3 is 2.50 bits per heavy atom. The van der Waals surface area contributed by atoms with Gasteiger partial charge in [0.15, 0.2) is 0 Å². The monoisotopic (exact) mass is 370 g/mol. The first-order valence-corrected chi connectivity index (χ1v) is 9.18. The van der Waals surface area contributed by atoms with Gasteiger partial charge in [-0.25, -0.2) is 22.8 Å². The fourth-order valence-corrected chi connectivity index (χ4v) is 4.45. The van der Waals surface area contributed by atoms with Crippen molar-refractivity contribution in [3.05, 3.63) is 47.1 Å². The maximum absolute atomic E-state index is 13.4. The summed E-state index contributed by atoms with van der Waals surface area (Å²) in [6.45, 7) is 3.19. The average molecular weight is 371 g/mol. The summed E-state index contributed by atoms with van der Waals surface area (Å²) in [5.41, 5.74) is 0.529. The molecule has 3 rings (SSSR count). The maximum Gasteiger partial charge on any atom is 0.243 e. The molecule has 1 aliphatic rings. The van der Waals surface area contributed by atoms with Gasteiger partial charge in [-0.2, -0.15) is 4.31 Å². The highest BCUT2D eigenvalue weighted by Crippen LogP contribution is 2.23. The van der Waals surface area contributed by atoms with Crippen LogP contribution in [0.1, 0.15) is 5.56 Å². The zero-order chi connectivity index (χ0) is 17.3. The first-order chi connectivity index (χ1) is 11.4.